The molecule has 9 heteroatoms. The molecule has 4 aliphatic rings. The van der Waals surface area contributed by atoms with Crippen molar-refractivity contribution in [3.8, 4) is 0 Å². The molecule has 0 bridgehead atoms. The average Bonchev–Trinajstić information content (AvgIpc) is 3.29. The molecule has 11 atom stereocenters. The summed E-state index contributed by atoms with van der Waals surface area (Å²) >= 11 is 0. The molecule has 0 radical (unpaired) electrons. The first-order valence-corrected chi connectivity index (χ1v) is 19.1. The molecule has 0 spiro atoms. The standard InChI is InChI=1S/C34H65N3O5S/c1-23(2)31(42-43(39,40)41)12-9-24(3)27-10-11-28-32-29(14-16-34(27,28)5)33(4)15-13-26(21-25(33)22-30(32)38)37-20-8-19-36-18-7-6-17-35/h23-32,36-38H,6-22,35H2,1-5H3,(H,39,40,41)/t24-,25-,26+,27-,28?,29?,30-,31-,32?,33+,34-/m1/s1. The molecule has 0 aromatic carbocycles. The SMILES string of the molecule is CC(C)[C@@H](CC[C@@H](C)[C@H]1CCC2C3C(CC[C@@]21C)[C@@]1(C)CC[C@H](NCCCNCCCCN)C[C@@H]1C[C@H]3O)OS(=O)(=O)O. The van der Waals surface area contributed by atoms with Crippen LogP contribution in [0.3, 0.4) is 0 Å². The second-order valence-electron chi connectivity index (χ2n) is 15.9. The van der Waals surface area contributed by atoms with Crippen molar-refractivity contribution in [1.29, 1.82) is 0 Å². The van der Waals surface area contributed by atoms with Crippen LogP contribution in [0, 0.1) is 52.3 Å². The average molecular weight is 628 g/mol. The van der Waals surface area contributed by atoms with E-state index in [2.05, 4.69) is 31.4 Å². The van der Waals surface area contributed by atoms with Crippen LogP contribution in [0.5, 0.6) is 0 Å². The van der Waals surface area contributed by atoms with Gasteiger partial charge in [0.05, 0.1) is 12.2 Å². The van der Waals surface area contributed by atoms with Gasteiger partial charge in [-0.25, -0.2) is 4.18 Å². The van der Waals surface area contributed by atoms with Crippen LogP contribution in [0.1, 0.15) is 118 Å². The van der Waals surface area contributed by atoms with Gasteiger partial charge in [0.15, 0.2) is 0 Å². The van der Waals surface area contributed by atoms with E-state index in [9.17, 15) is 18.1 Å². The lowest BCUT2D eigenvalue weighted by molar-refractivity contribution is -0.167. The molecule has 0 aromatic rings. The number of hydrogen-bond donors (Lipinski definition) is 5. The first-order valence-electron chi connectivity index (χ1n) is 17.8. The minimum Gasteiger partial charge on any atom is -0.393 e. The smallest absolute Gasteiger partial charge is 0.393 e. The molecule has 6 N–H and O–H groups in total. The Balaban J connectivity index is 1.32. The number of hydrogen-bond acceptors (Lipinski definition) is 7. The van der Waals surface area contributed by atoms with Crippen LogP contribution in [0.15, 0.2) is 0 Å². The van der Waals surface area contributed by atoms with E-state index in [1.165, 1.54) is 44.9 Å². The van der Waals surface area contributed by atoms with Gasteiger partial charge in [-0.3, -0.25) is 4.55 Å². The molecule has 0 amide bonds. The third-order valence-corrected chi connectivity index (χ3v) is 13.6. The topological polar surface area (TPSA) is 134 Å². The molecule has 0 saturated heterocycles. The molecule has 4 rings (SSSR count). The van der Waals surface area contributed by atoms with Gasteiger partial charge in [0, 0.05) is 6.04 Å². The molecule has 0 heterocycles. The number of aliphatic hydroxyl groups excluding tert-OH is 1. The Morgan fingerprint density at radius 3 is 2.30 bits per heavy atom. The normalized spacial score (nSPS) is 39.2. The minimum absolute atomic E-state index is 0.0152. The monoisotopic (exact) mass is 627 g/mol. The van der Waals surface area contributed by atoms with Crippen molar-refractivity contribution in [2.75, 3.05) is 26.2 Å². The van der Waals surface area contributed by atoms with Crippen molar-refractivity contribution in [1.82, 2.24) is 10.6 Å². The molecular weight excluding hydrogens is 562 g/mol. The van der Waals surface area contributed by atoms with E-state index in [1.807, 2.05) is 13.8 Å². The van der Waals surface area contributed by atoms with Crippen molar-refractivity contribution in [2.45, 2.75) is 136 Å². The van der Waals surface area contributed by atoms with Crippen LogP contribution >= 0.6 is 0 Å². The summed E-state index contributed by atoms with van der Waals surface area (Å²) < 4.78 is 37.1. The summed E-state index contributed by atoms with van der Waals surface area (Å²) in [5.41, 5.74) is 6.13. The second-order valence-corrected chi connectivity index (χ2v) is 17.0. The fraction of sp³-hybridized carbons (Fsp3) is 1.00. The second kappa shape index (κ2) is 15.1. The maximum Gasteiger partial charge on any atom is 0.397 e. The van der Waals surface area contributed by atoms with Gasteiger partial charge in [-0.2, -0.15) is 8.42 Å². The predicted octanol–water partition coefficient (Wildman–Crippen LogP) is 5.55. The first kappa shape index (κ1) is 35.6. The lowest BCUT2D eigenvalue weighted by atomic mass is 9.43. The van der Waals surface area contributed by atoms with Crippen LogP contribution in [0.25, 0.3) is 0 Å². The van der Waals surface area contributed by atoms with Crippen LogP contribution in [-0.2, 0) is 14.6 Å². The van der Waals surface area contributed by atoms with Crippen molar-refractivity contribution >= 4 is 10.4 Å². The molecule has 4 fully saturated rings. The van der Waals surface area contributed by atoms with E-state index in [0.717, 1.165) is 58.3 Å². The molecular formula is C34H65N3O5S. The highest BCUT2D eigenvalue weighted by atomic mass is 32.3. The minimum atomic E-state index is -4.45. The molecule has 0 aromatic heterocycles. The van der Waals surface area contributed by atoms with E-state index in [-0.39, 0.29) is 17.4 Å². The zero-order valence-electron chi connectivity index (χ0n) is 27.9. The summed E-state index contributed by atoms with van der Waals surface area (Å²) in [5.74, 6) is 3.21. The lowest BCUT2D eigenvalue weighted by Crippen LogP contribution is -2.59. The summed E-state index contributed by atoms with van der Waals surface area (Å²) in [4.78, 5) is 0. The summed E-state index contributed by atoms with van der Waals surface area (Å²) in [7, 11) is -4.45. The highest BCUT2D eigenvalue weighted by molar-refractivity contribution is 7.80. The van der Waals surface area contributed by atoms with E-state index in [0.29, 0.717) is 53.4 Å². The Kier molecular flexibility index (Phi) is 12.5. The summed E-state index contributed by atoms with van der Waals surface area (Å²) in [6.45, 7) is 15.3. The Bertz CT molecular complexity index is 981. The van der Waals surface area contributed by atoms with Crippen LogP contribution in [0.4, 0.5) is 0 Å². The Labute approximate surface area is 263 Å². The van der Waals surface area contributed by atoms with Gasteiger partial charge in [-0.1, -0.05) is 34.6 Å². The number of unbranched alkanes of at least 4 members (excludes halogenated alkanes) is 1. The van der Waals surface area contributed by atoms with E-state index < -0.39 is 16.5 Å². The molecule has 3 unspecified atom stereocenters. The molecule has 8 nitrogen and oxygen atoms in total. The number of nitrogens with one attached hydrogen (secondary N) is 2. The fourth-order valence-corrected chi connectivity index (χ4v) is 11.3. The Morgan fingerprint density at radius 1 is 0.907 bits per heavy atom. The number of fused-ring (bicyclic) bond motifs is 5. The van der Waals surface area contributed by atoms with Gasteiger partial charge >= 0.3 is 10.4 Å². The van der Waals surface area contributed by atoms with Gasteiger partial charge in [-0.15, -0.1) is 0 Å². The maximum atomic E-state index is 11.8. The van der Waals surface area contributed by atoms with E-state index >= 15 is 0 Å². The molecule has 4 aliphatic carbocycles. The van der Waals surface area contributed by atoms with Crippen molar-refractivity contribution < 1.29 is 22.3 Å². The third-order valence-electron chi connectivity index (χ3n) is 13.1. The first-order chi connectivity index (χ1) is 20.3. The van der Waals surface area contributed by atoms with E-state index in [4.69, 9.17) is 9.92 Å². The molecule has 0 aliphatic heterocycles. The largest absolute Gasteiger partial charge is 0.397 e. The van der Waals surface area contributed by atoms with Crippen LogP contribution < -0.4 is 16.4 Å². The van der Waals surface area contributed by atoms with Gasteiger partial charge in [-0.05, 0) is 162 Å². The van der Waals surface area contributed by atoms with Gasteiger partial charge in [0.2, 0.25) is 0 Å². The van der Waals surface area contributed by atoms with Crippen molar-refractivity contribution in [3.63, 3.8) is 0 Å². The third kappa shape index (κ3) is 8.36. The van der Waals surface area contributed by atoms with Crippen molar-refractivity contribution in [2.24, 2.45) is 58.0 Å². The quantitative estimate of drug-likeness (QED) is 0.111. The summed E-state index contributed by atoms with van der Waals surface area (Å²) in [6, 6.07) is 0.573. The molecule has 4 saturated carbocycles. The number of rotatable bonds is 16. The van der Waals surface area contributed by atoms with Gasteiger partial charge in [0.1, 0.15) is 0 Å². The zero-order valence-corrected chi connectivity index (χ0v) is 28.7. The fourth-order valence-electron chi connectivity index (χ4n) is 10.7. The summed E-state index contributed by atoms with van der Waals surface area (Å²) in [6.07, 6.45) is 13.7. The highest BCUT2D eigenvalue weighted by Crippen LogP contribution is 2.68. The van der Waals surface area contributed by atoms with Crippen molar-refractivity contribution in [3.05, 3.63) is 0 Å². The Morgan fingerprint density at radius 2 is 1.60 bits per heavy atom. The van der Waals surface area contributed by atoms with Gasteiger partial charge in [0.25, 0.3) is 0 Å². The predicted molar refractivity (Wildman–Crippen MR) is 174 cm³/mol. The summed E-state index contributed by atoms with van der Waals surface area (Å²) in [5, 5.41) is 19.2. The van der Waals surface area contributed by atoms with E-state index in [1.54, 1.807) is 0 Å². The lowest BCUT2D eigenvalue weighted by Gasteiger charge is -2.62. The molecule has 43 heavy (non-hydrogen) atoms. The van der Waals surface area contributed by atoms with Crippen LogP contribution in [0.2, 0.25) is 0 Å². The number of nitrogens with two attached hydrogens (primary N) is 1. The highest BCUT2D eigenvalue weighted by Gasteiger charge is 2.62. The molecule has 252 valence electrons. The van der Waals surface area contributed by atoms with Crippen LogP contribution in [-0.4, -0.2) is 62.5 Å². The number of aliphatic hydroxyl groups is 1. The maximum absolute atomic E-state index is 11.8. The zero-order chi connectivity index (χ0) is 31.4. The Hall–Kier alpha value is -0.290. The van der Waals surface area contributed by atoms with Gasteiger partial charge < -0.3 is 21.5 Å².